The zero-order chi connectivity index (χ0) is 11.3. The molecule has 4 nitrogen and oxygen atoms in total. The largest absolute Gasteiger partial charge is 0.358 e. The number of hydrogen-bond acceptors (Lipinski definition) is 3. The molecule has 15 heavy (non-hydrogen) atoms. The number of halogens is 1. The summed E-state index contributed by atoms with van der Waals surface area (Å²) in [4.78, 5) is 9.48. The topological polar surface area (TPSA) is 52.3 Å². The minimum atomic E-state index is 0.476. The number of nitriles is 1. The van der Waals surface area contributed by atoms with Crippen molar-refractivity contribution in [3.8, 4) is 6.19 Å². The van der Waals surface area contributed by atoms with Crippen LogP contribution in [0.1, 0.15) is 12.5 Å². The molecule has 0 atom stereocenters. The van der Waals surface area contributed by atoms with Crippen molar-refractivity contribution in [3.63, 3.8) is 0 Å². The zero-order valence-corrected chi connectivity index (χ0v) is 9.36. The smallest absolute Gasteiger partial charge is 0.207 e. The van der Waals surface area contributed by atoms with Crippen molar-refractivity contribution in [1.82, 2.24) is 9.88 Å². The number of amidine groups is 1. The number of hydrogen-bond donors (Lipinski definition) is 0. The van der Waals surface area contributed by atoms with Crippen molar-refractivity contribution in [2.24, 2.45) is 4.99 Å². The predicted molar refractivity (Wildman–Crippen MR) is 59.4 cm³/mol. The molecule has 0 unspecified atom stereocenters. The molecule has 1 aromatic rings. The molecule has 1 aromatic heterocycles. The molecule has 0 aliphatic heterocycles. The van der Waals surface area contributed by atoms with Crippen LogP contribution < -0.4 is 0 Å². The molecule has 0 N–H and O–H groups in total. The van der Waals surface area contributed by atoms with E-state index in [1.165, 1.54) is 0 Å². The molecule has 0 spiro atoms. The second kappa shape index (κ2) is 5.32. The first-order valence-corrected chi connectivity index (χ1v) is 4.76. The summed E-state index contributed by atoms with van der Waals surface area (Å²) in [6.45, 7) is 2.44. The number of aliphatic imine (C=N–C) groups is 1. The summed E-state index contributed by atoms with van der Waals surface area (Å²) in [5.74, 6) is 0.674. The minimum Gasteiger partial charge on any atom is -0.358 e. The molecule has 5 heteroatoms. The van der Waals surface area contributed by atoms with E-state index in [0.29, 0.717) is 17.5 Å². The zero-order valence-electron chi connectivity index (χ0n) is 8.61. The van der Waals surface area contributed by atoms with Crippen LogP contribution in [-0.2, 0) is 6.54 Å². The van der Waals surface area contributed by atoms with Crippen molar-refractivity contribution in [2.75, 3.05) is 7.05 Å². The summed E-state index contributed by atoms with van der Waals surface area (Å²) >= 11 is 5.67. The van der Waals surface area contributed by atoms with Crippen molar-refractivity contribution >= 4 is 17.4 Å². The predicted octanol–water partition coefficient (Wildman–Crippen LogP) is 2.07. The summed E-state index contributed by atoms with van der Waals surface area (Å²) < 4.78 is 0. The first-order chi connectivity index (χ1) is 7.13. The molecular weight excluding hydrogens is 212 g/mol. The highest BCUT2D eigenvalue weighted by Gasteiger charge is 2.02. The maximum atomic E-state index is 8.39. The Labute approximate surface area is 93.8 Å². The lowest BCUT2D eigenvalue weighted by molar-refractivity contribution is 0.497. The Hall–Kier alpha value is -1.60. The second-order valence-electron chi connectivity index (χ2n) is 3.10. The van der Waals surface area contributed by atoms with Crippen LogP contribution in [0.2, 0.25) is 5.15 Å². The fraction of sp³-hybridized carbons (Fsp3) is 0.300. The molecule has 0 aliphatic rings. The fourth-order valence-electron chi connectivity index (χ4n) is 1.05. The molecule has 0 radical (unpaired) electrons. The molecule has 0 saturated heterocycles. The Kier molecular flexibility index (Phi) is 4.07. The van der Waals surface area contributed by atoms with Gasteiger partial charge < -0.3 is 4.90 Å². The summed E-state index contributed by atoms with van der Waals surface area (Å²) in [5.41, 5.74) is 1.02. The number of nitrogens with zero attached hydrogens (tertiary/aromatic N) is 4. The Morgan fingerprint density at radius 1 is 1.67 bits per heavy atom. The average Bonchev–Trinajstić information content (AvgIpc) is 2.22. The maximum Gasteiger partial charge on any atom is 0.207 e. The van der Waals surface area contributed by atoms with Crippen molar-refractivity contribution in [2.45, 2.75) is 13.5 Å². The Bertz CT molecular complexity index is 391. The summed E-state index contributed by atoms with van der Waals surface area (Å²) in [6.07, 6.45) is 3.46. The van der Waals surface area contributed by atoms with E-state index in [-0.39, 0.29) is 0 Å². The van der Waals surface area contributed by atoms with Crippen molar-refractivity contribution < 1.29 is 0 Å². The van der Waals surface area contributed by atoms with E-state index in [9.17, 15) is 0 Å². The first kappa shape index (κ1) is 11.5. The molecule has 1 heterocycles. The third-order valence-corrected chi connectivity index (χ3v) is 2.20. The quantitative estimate of drug-likeness (QED) is 0.333. The van der Waals surface area contributed by atoms with Gasteiger partial charge in [-0.2, -0.15) is 10.3 Å². The molecule has 78 valence electrons. The van der Waals surface area contributed by atoms with Crippen LogP contribution in [0.25, 0.3) is 0 Å². The lowest BCUT2D eigenvalue weighted by Crippen LogP contribution is -2.23. The SMILES string of the molecule is CC(=NC#N)N(C)Cc1ccc(Cl)nc1. The van der Waals surface area contributed by atoms with Gasteiger partial charge in [-0.05, 0) is 18.6 Å². The third-order valence-electron chi connectivity index (χ3n) is 1.97. The Morgan fingerprint density at radius 2 is 2.40 bits per heavy atom. The van der Waals surface area contributed by atoms with Gasteiger partial charge in [0.15, 0.2) is 0 Å². The lowest BCUT2D eigenvalue weighted by atomic mass is 10.3. The molecule has 0 amide bonds. The van der Waals surface area contributed by atoms with Gasteiger partial charge in [0.1, 0.15) is 11.0 Å². The van der Waals surface area contributed by atoms with Gasteiger partial charge in [-0.3, -0.25) is 0 Å². The van der Waals surface area contributed by atoms with E-state index < -0.39 is 0 Å². The molecule has 0 aliphatic carbocycles. The average molecular weight is 223 g/mol. The van der Waals surface area contributed by atoms with Gasteiger partial charge in [-0.25, -0.2) is 4.98 Å². The van der Waals surface area contributed by atoms with Crippen LogP contribution in [0.3, 0.4) is 0 Å². The molecule has 0 bridgehead atoms. The van der Waals surface area contributed by atoms with Gasteiger partial charge in [-0.15, -0.1) is 0 Å². The van der Waals surface area contributed by atoms with Crippen LogP contribution in [0.5, 0.6) is 0 Å². The second-order valence-corrected chi connectivity index (χ2v) is 3.49. The Morgan fingerprint density at radius 3 is 2.93 bits per heavy atom. The van der Waals surface area contributed by atoms with Crippen LogP contribution in [-0.4, -0.2) is 22.8 Å². The van der Waals surface area contributed by atoms with Gasteiger partial charge in [0, 0.05) is 19.8 Å². The Balaban J connectivity index is 2.67. The summed E-state index contributed by atoms with van der Waals surface area (Å²) in [5, 5.41) is 8.87. The highest BCUT2D eigenvalue weighted by atomic mass is 35.5. The molecule has 0 fully saturated rings. The molecule has 1 rings (SSSR count). The number of rotatable bonds is 2. The van der Waals surface area contributed by atoms with E-state index >= 15 is 0 Å². The van der Waals surface area contributed by atoms with Gasteiger partial charge in [-0.1, -0.05) is 17.7 Å². The van der Waals surface area contributed by atoms with Crippen molar-refractivity contribution in [3.05, 3.63) is 29.0 Å². The van der Waals surface area contributed by atoms with Gasteiger partial charge in [0.25, 0.3) is 0 Å². The van der Waals surface area contributed by atoms with E-state index in [1.807, 2.05) is 18.0 Å². The van der Waals surface area contributed by atoms with Gasteiger partial charge in [0.2, 0.25) is 6.19 Å². The van der Waals surface area contributed by atoms with E-state index in [1.54, 1.807) is 25.4 Å². The van der Waals surface area contributed by atoms with Gasteiger partial charge in [0.05, 0.1) is 0 Å². The normalized spacial score (nSPS) is 10.9. The van der Waals surface area contributed by atoms with Crippen LogP contribution in [0.15, 0.2) is 23.3 Å². The van der Waals surface area contributed by atoms with Gasteiger partial charge >= 0.3 is 0 Å². The first-order valence-electron chi connectivity index (χ1n) is 4.38. The molecule has 0 saturated carbocycles. The summed E-state index contributed by atoms with van der Waals surface area (Å²) in [6, 6.07) is 3.63. The van der Waals surface area contributed by atoms with E-state index in [4.69, 9.17) is 16.9 Å². The fourth-order valence-corrected chi connectivity index (χ4v) is 1.16. The van der Waals surface area contributed by atoms with Crippen molar-refractivity contribution in [1.29, 1.82) is 5.26 Å². The maximum absolute atomic E-state index is 8.39. The van der Waals surface area contributed by atoms with Crippen LogP contribution in [0.4, 0.5) is 0 Å². The van der Waals surface area contributed by atoms with E-state index in [2.05, 4.69) is 9.98 Å². The molecular formula is C10H11ClN4. The molecule has 0 aromatic carbocycles. The monoisotopic (exact) mass is 222 g/mol. The minimum absolute atomic E-state index is 0.476. The van der Waals surface area contributed by atoms with E-state index in [0.717, 1.165) is 5.56 Å². The highest BCUT2D eigenvalue weighted by molar-refractivity contribution is 6.29. The highest BCUT2D eigenvalue weighted by Crippen LogP contribution is 2.07. The third kappa shape index (κ3) is 3.56. The van der Waals surface area contributed by atoms with Crippen LogP contribution >= 0.6 is 11.6 Å². The lowest BCUT2D eigenvalue weighted by Gasteiger charge is -2.17. The summed E-state index contributed by atoms with van der Waals surface area (Å²) in [7, 11) is 1.87. The number of pyridine rings is 1. The number of aromatic nitrogens is 1. The standard InChI is InChI=1S/C10H11ClN4/c1-8(14-7-12)15(2)6-9-3-4-10(11)13-5-9/h3-5H,6H2,1-2H3. The van der Waals surface area contributed by atoms with Crippen LogP contribution in [0, 0.1) is 11.5 Å².